The Morgan fingerprint density at radius 2 is 1.95 bits per heavy atom. The third-order valence-corrected chi connectivity index (χ3v) is 2.98. The van der Waals surface area contributed by atoms with E-state index >= 15 is 0 Å². The van der Waals surface area contributed by atoms with Crippen LogP contribution in [0.5, 0.6) is 0 Å². The molecule has 1 N–H and O–H groups in total. The predicted octanol–water partition coefficient (Wildman–Crippen LogP) is 3.26. The molecule has 0 bridgehead atoms. The number of halogens is 1. The number of nitrogens with zero attached hydrogens (tertiary/aromatic N) is 2. The van der Waals surface area contributed by atoms with Gasteiger partial charge in [0.1, 0.15) is 11.9 Å². The van der Waals surface area contributed by atoms with Crippen LogP contribution in [0.3, 0.4) is 0 Å². The second kappa shape index (κ2) is 6.48. The quantitative estimate of drug-likeness (QED) is 0.675. The minimum absolute atomic E-state index is 0.00432. The van der Waals surface area contributed by atoms with E-state index in [0.717, 1.165) is 5.56 Å². The van der Waals surface area contributed by atoms with E-state index in [-0.39, 0.29) is 11.3 Å². The molecule has 6 heteroatoms. The zero-order chi connectivity index (χ0) is 15.2. The molecule has 0 fully saturated rings. The van der Waals surface area contributed by atoms with E-state index in [1.807, 2.05) is 0 Å². The summed E-state index contributed by atoms with van der Waals surface area (Å²) in [4.78, 5) is 10.1. The molecule has 0 spiro atoms. The van der Waals surface area contributed by atoms with Gasteiger partial charge >= 0.3 is 0 Å². The van der Waals surface area contributed by atoms with Gasteiger partial charge in [0.05, 0.1) is 10.5 Å². The number of nitro benzene ring substituents is 1. The summed E-state index contributed by atoms with van der Waals surface area (Å²) in [5, 5.41) is 22.4. The number of benzene rings is 2. The first-order chi connectivity index (χ1) is 10.1. The second-order valence-electron chi connectivity index (χ2n) is 4.41. The largest absolute Gasteiger partial charge is 0.385 e. The molecule has 0 atom stereocenters. The average molecular weight is 285 g/mol. The summed E-state index contributed by atoms with van der Waals surface area (Å²) in [6.45, 7) is 0.578. The highest BCUT2D eigenvalue weighted by molar-refractivity contribution is 5.49. The highest BCUT2D eigenvalue weighted by atomic mass is 19.1. The molecule has 0 aliphatic carbocycles. The van der Waals surface area contributed by atoms with Gasteiger partial charge < -0.3 is 5.32 Å². The number of non-ortho nitro benzene ring substituents is 1. The summed E-state index contributed by atoms with van der Waals surface area (Å²) in [5.74, 6) is -0.543. The maximum atomic E-state index is 13.2. The molecule has 0 heterocycles. The van der Waals surface area contributed by atoms with Crippen molar-refractivity contribution in [2.24, 2.45) is 0 Å². The van der Waals surface area contributed by atoms with Crippen LogP contribution in [-0.4, -0.2) is 11.5 Å². The van der Waals surface area contributed by atoms with Crippen molar-refractivity contribution in [2.45, 2.75) is 6.42 Å². The van der Waals surface area contributed by atoms with Gasteiger partial charge in [-0.3, -0.25) is 10.1 Å². The van der Waals surface area contributed by atoms with E-state index in [0.29, 0.717) is 18.7 Å². The SMILES string of the molecule is N#Cc1cc(NCCc2ccc([N+](=O)[O-])cc2)ccc1F. The minimum Gasteiger partial charge on any atom is -0.385 e. The van der Waals surface area contributed by atoms with Crippen molar-refractivity contribution < 1.29 is 9.31 Å². The molecule has 0 amide bonds. The Labute approximate surface area is 120 Å². The molecule has 0 radical (unpaired) electrons. The Hall–Kier alpha value is -2.94. The molecular formula is C15H12FN3O2. The van der Waals surface area contributed by atoms with Gasteiger partial charge in [0.15, 0.2) is 0 Å². The van der Waals surface area contributed by atoms with Gasteiger partial charge in [0, 0.05) is 24.4 Å². The third kappa shape index (κ3) is 3.76. The first-order valence-electron chi connectivity index (χ1n) is 6.27. The van der Waals surface area contributed by atoms with Crippen molar-refractivity contribution in [2.75, 3.05) is 11.9 Å². The Morgan fingerprint density at radius 3 is 2.57 bits per heavy atom. The molecule has 0 unspecified atom stereocenters. The molecule has 106 valence electrons. The number of hydrogen-bond donors (Lipinski definition) is 1. The Kier molecular flexibility index (Phi) is 4.46. The van der Waals surface area contributed by atoms with Crippen molar-refractivity contribution in [3.05, 3.63) is 69.5 Å². The summed E-state index contributed by atoms with van der Waals surface area (Å²) in [6, 6.07) is 12.4. The van der Waals surface area contributed by atoms with Crippen LogP contribution in [0.15, 0.2) is 42.5 Å². The first-order valence-corrected chi connectivity index (χ1v) is 6.27. The van der Waals surface area contributed by atoms with Crippen molar-refractivity contribution in [1.82, 2.24) is 0 Å². The van der Waals surface area contributed by atoms with E-state index in [1.165, 1.54) is 24.3 Å². The number of anilines is 1. The lowest BCUT2D eigenvalue weighted by atomic mass is 10.1. The van der Waals surface area contributed by atoms with Crippen LogP contribution in [-0.2, 0) is 6.42 Å². The molecule has 0 aliphatic rings. The van der Waals surface area contributed by atoms with Gasteiger partial charge in [0.2, 0.25) is 0 Å². The molecule has 5 nitrogen and oxygen atoms in total. The molecule has 2 aromatic carbocycles. The van der Waals surface area contributed by atoms with Crippen molar-refractivity contribution in [1.29, 1.82) is 5.26 Å². The Morgan fingerprint density at radius 1 is 1.24 bits per heavy atom. The summed E-state index contributed by atoms with van der Waals surface area (Å²) < 4.78 is 13.2. The van der Waals surface area contributed by atoms with E-state index in [9.17, 15) is 14.5 Å². The molecule has 21 heavy (non-hydrogen) atoms. The number of nitrogens with one attached hydrogen (secondary N) is 1. The summed E-state index contributed by atoms with van der Waals surface area (Å²) in [7, 11) is 0. The van der Waals surface area contributed by atoms with Gasteiger partial charge in [-0.1, -0.05) is 12.1 Å². The summed E-state index contributed by atoms with van der Waals surface area (Å²) >= 11 is 0. The fourth-order valence-corrected chi connectivity index (χ4v) is 1.86. The molecule has 2 rings (SSSR count). The zero-order valence-corrected chi connectivity index (χ0v) is 11.0. The van der Waals surface area contributed by atoms with Crippen molar-refractivity contribution in [3.8, 4) is 6.07 Å². The number of rotatable bonds is 5. The fraction of sp³-hybridized carbons (Fsp3) is 0.133. The van der Waals surface area contributed by atoms with Gasteiger partial charge in [-0.25, -0.2) is 4.39 Å². The fourth-order valence-electron chi connectivity index (χ4n) is 1.86. The minimum atomic E-state index is -0.543. The highest BCUT2D eigenvalue weighted by Crippen LogP contribution is 2.15. The maximum Gasteiger partial charge on any atom is 0.269 e. The molecule has 0 saturated carbocycles. The first kappa shape index (κ1) is 14.5. The lowest BCUT2D eigenvalue weighted by molar-refractivity contribution is -0.384. The Balaban J connectivity index is 1.92. The van der Waals surface area contributed by atoms with Crippen LogP contribution in [0.1, 0.15) is 11.1 Å². The lowest BCUT2D eigenvalue weighted by Gasteiger charge is -2.07. The lowest BCUT2D eigenvalue weighted by Crippen LogP contribution is -2.05. The van der Waals surface area contributed by atoms with E-state index in [1.54, 1.807) is 24.3 Å². The molecule has 0 aliphatic heterocycles. The summed E-state index contributed by atoms with van der Waals surface area (Å²) in [5.41, 5.74) is 1.67. The van der Waals surface area contributed by atoms with Crippen molar-refractivity contribution >= 4 is 11.4 Å². The van der Waals surface area contributed by atoms with E-state index in [2.05, 4.69) is 5.32 Å². The monoisotopic (exact) mass is 285 g/mol. The van der Waals surface area contributed by atoms with Crippen LogP contribution in [0, 0.1) is 27.3 Å². The highest BCUT2D eigenvalue weighted by Gasteiger charge is 2.04. The number of nitro groups is 1. The van der Waals surface area contributed by atoms with Gasteiger partial charge in [-0.05, 0) is 30.2 Å². The normalized spacial score (nSPS) is 9.90. The predicted molar refractivity (Wildman–Crippen MR) is 76.4 cm³/mol. The third-order valence-electron chi connectivity index (χ3n) is 2.98. The van der Waals surface area contributed by atoms with Gasteiger partial charge in [0.25, 0.3) is 5.69 Å². The van der Waals surface area contributed by atoms with Crippen LogP contribution in [0.4, 0.5) is 15.8 Å². The van der Waals surface area contributed by atoms with Crippen molar-refractivity contribution in [3.63, 3.8) is 0 Å². The average Bonchev–Trinajstić information content (AvgIpc) is 2.49. The second-order valence-corrected chi connectivity index (χ2v) is 4.41. The van der Waals surface area contributed by atoms with E-state index in [4.69, 9.17) is 5.26 Å². The maximum absolute atomic E-state index is 13.2. The van der Waals surface area contributed by atoms with Crippen LogP contribution in [0.2, 0.25) is 0 Å². The van der Waals surface area contributed by atoms with Gasteiger partial charge in [-0.2, -0.15) is 5.26 Å². The van der Waals surface area contributed by atoms with E-state index < -0.39 is 10.7 Å². The Bertz CT molecular complexity index is 693. The van der Waals surface area contributed by atoms with Gasteiger partial charge in [-0.15, -0.1) is 0 Å². The topological polar surface area (TPSA) is 79.0 Å². The van der Waals surface area contributed by atoms with Crippen LogP contribution in [0.25, 0.3) is 0 Å². The van der Waals surface area contributed by atoms with Crippen LogP contribution >= 0.6 is 0 Å². The number of hydrogen-bond acceptors (Lipinski definition) is 4. The summed E-state index contributed by atoms with van der Waals surface area (Å²) in [6.07, 6.45) is 0.664. The smallest absolute Gasteiger partial charge is 0.269 e. The molecule has 2 aromatic rings. The standard InChI is InChI=1S/C15H12FN3O2/c16-15-6-3-13(9-12(15)10-17)18-8-7-11-1-4-14(5-2-11)19(20)21/h1-6,9,18H,7-8H2. The zero-order valence-electron chi connectivity index (χ0n) is 11.0. The molecule has 0 saturated heterocycles. The van der Waals surface area contributed by atoms with Crippen LogP contribution < -0.4 is 5.32 Å². The number of nitriles is 1. The molecule has 0 aromatic heterocycles. The molecular weight excluding hydrogens is 273 g/mol.